The van der Waals surface area contributed by atoms with Crippen molar-refractivity contribution in [3.05, 3.63) is 66.2 Å². The minimum Gasteiger partial charge on any atom is -0.480 e. The van der Waals surface area contributed by atoms with Crippen molar-refractivity contribution in [3.8, 4) is 11.9 Å². The van der Waals surface area contributed by atoms with Gasteiger partial charge in [-0.1, -0.05) is 12.1 Å². The molecule has 0 unspecified atom stereocenters. The maximum Gasteiger partial charge on any atom is 0.263 e. The van der Waals surface area contributed by atoms with E-state index in [1.165, 1.54) is 61.7 Å². The summed E-state index contributed by atoms with van der Waals surface area (Å²) in [5.74, 6) is 0.223. The van der Waals surface area contributed by atoms with Crippen LogP contribution in [0.2, 0.25) is 0 Å². The first kappa shape index (κ1) is 21.0. The Morgan fingerprint density at radius 3 is 2.17 bits per heavy atom. The zero-order valence-corrected chi connectivity index (χ0v) is 17.1. The lowest BCUT2D eigenvalue weighted by Gasteiger charge is -2.11. The van der Waals surface area contributed by atoms with Crippen LogP contribution < -0.4 is 14.2 Å². The van der Waals surface area contributed by atoms with E-state index in [0.29, 0.717) is 0 Å². The Labute approximate surface area is 173 Å². The van der Waals surface area contributed by atoms with Crippen molar-refractivity contribution in [2.45, 2.75) is 9.79 Å². The number of nitrogens with one attached hydrogen (secondary N) is 2. The second-order valence-electron chi connectivity index (χ2n) is 5.80. The third-order valence-electron chi connectivity index (χ3n) is 3.80. The number of rotatable bonds is 7. The molecule has 0 saturated carbocycles. The van der Waals surface area contributed by atoms with Crippen LogP contribution in [0, 0.1) is 11.3 Å². The number of hydrogen-bond acceptors (Lipinski definition) is 8. The Bertz CT molecular complexity index is 1300. The summed E-state index contributed by atoms with van der Waals surface area (Å²) in [6.07, 6.45) is 0. The van der Waals surface area contributed by atoms with E-state index >= 15 is 0 Å². The lowest BCUT2D eigenvalue weighted by Crippen LogP contribution is -2.16. The van der Waals surface area contributed by atoms with Gasteiger partial charge in [0.25, 0.3) is 20.0 Å². The minimum absolute atomic E-state index is 0.00556. The molecule has 30 heavy (non-hydrogen) atoms. The van der Waals surface area contributed by atoms with Gasteiger partial charge in [-0.05, 0) is 42.5 Å². The lowest BCUT2D eigenvalue weighted by molar-refractivity contribution is 0.392. The molecule has 0 aliphatic heterocycles. The quantitative estimate of drug-likeness (QED) is 0.560. The fraction of sp³-hybridized carbons (Fsp3) is 0.0556. The molecule has 3 rings (SSSR count). The fourth-order valence-electron chi connectivity index (χ4n) is 2.39. The molecule has 0 fully saturated rings. The summed E-state index contributed by atoms with van der Waals surface area (Å²) in [7, 11) is -6.59. The molecular formula is C18H15N5O5S2. The van der Waals surface area contributed by atoms with Crippen LogP contribution in [-0.2, 0) is 20.0 Å². The van der Waals surface area contributed by atoms with Crippen molar-refractivity contribution in [1.82, 2.24) is 10.2 Å². The van der Waals surface area contributed by atoms with Crippen molar-refractivity contribution in [2.24, 2.45) is 0 Å². The predicted octanol–water partition coefficient (Wildman–Crippen LogP) is 1.96. The van der Waals surface area contributed by atoms with Gasteiger partial charge in [-0.3, -0.25) is 9.44 Å². The molecule has 0 spiro atoms. The van der Waals surface area contributed by atoms with Gasteiger partial charge in [0.1, 0.15) is 11.0 Å². The van der Waals surface area contributed by atoms with Crippen LogP contribution in [0.3, 0.4) is 0 Å². The predicted molar refractivity (Wildman–Crippen MR) is 108 cm³/mol. The standard InChI is InChI=1S/C18H15N5O5S2/c1-28-18-11-10-17(20-21-18)23-29(24,25)15-8-6-14(7-9-15)22-30(26,27)16-5-3-2-4-13(16)12-19/h2-11,22H,1H3,(H,20,23). The molecule has 0 saturated heterocycles. The smallest absolute Gasteiger partial charge is 0.263 e. The molecule has 10 nitrogen and oxygen atoms in total. The Morgan fingerprint density at radius 1 is 0.867 bits per heavy atom. The Kier molecular flexibility index (Phi) is 5.86. The summed E-state index contributed by atoms with van der Waals surface area (Å²) >= 11 is 0. The van der Waals surface area contributed by atoms with E-state index in [-0.39, 0.29) is 32.7 Å². The average molecular weight is 445 g/mol. The van der Waals surface area contributed by atoms with Crippen LogP contribution in [0.5, 0.6) is 5.88 Å². The fourth-order valence-corrected chi connectivity index (χ4v) is 4.60. The first-order valence-electron chi connectivity index (χ1n) is 8.28. The molecule has 0 aliphatic rings. The zero-order valence-electron chi connectivity index (χ0n) is 15.5. The largest absolute Gasteiger partial charge is 0.480 e. The Morgan fingerprint density at radius 2 is 1.57 bits per heavy atom. The van der Waals surface area contributed by atoms with Gasteiger partial charge in [0.2, 0.25) is 5.88 Å². The van der Waals surface area contributed by atoms with E-state index in [1.54, 1.807) is 6.07 Å². The summed E-state index contributed by atoms with van der Waals surface area (Å²) in [6.45, 7) is 0. The molecule has 12 heteroatoms. The Balaban J connectivity index is 1.79. The van der Waals surface area contributed by atoms with E-state index in [4.69, 9.17) is 10.00 Å². The van der Waals surface area contributed by atoms with Gasteiger partial charge >= 0.3 is 0 Å². The van der Waals surface area contributed by atoms with Gasteiger partial charge in [0.15, 0.2) is 5.82 Å². The highest BCUT2D eigenvalue weighted by molar-refractivity contribution is 7.93. The van der Waals surface area contributed by atoms with Gasteiger partial charge in [0.05, 0.1) is 17.6 Å². The maximum absolute atomic E-state index is 12.5. The minimum atomic E-state index is -4.03. The average Bonchev–Trinajstić information content (AvgIpc) is 2.74. The Hall–Kier alpha value is -3.69. The van der Waals surface area contributed by atoms with Crippen LogP contribution >= 0.6 is 0 Å². The number of nitriles is 1. The van der Waals surface area contributed by atoms with E-state index in [2.05, 4.69) is 19.6 Å². The number of benzene rings is 2. The summed E-state index contributed by atoms with van der Waals surface area (Å²) in [4.78, 5) is -0.288. The third-order valence-corrected chi connectivity index (χ3v) is 6.61. The first-order chi connectivity index (χ1) is 14.2. The van der Waals surface area contributed by atoms with Gasteiger partial charge in [-0.2, -0.15) is 5.26 Å². The molecule has 1 heterocycles. The highest BCUT2D eigenvalue weighted by Gasteiger charge is 2.19. The summed E-state index contributed by atoms with van der Waals surface area (Å²) < 4.78 is 59.5. The number of methoxy groups -OCH3 is 1. The SMILES string of the molecule is COc1ccc(NS(=O)(=O)c2ccc(NS(=O)(=O)c3ccccc3C#N)cc2)nn1. The molecule has 0 bridgehead atoms. The van der Waals surface area contributed by atoms with Crippen molar-refractivity contribution >= 4 is 31.6 Å². The van der Waals surface area contributed by atoms with Crippen LogP contribution in [-0.4, -0.2) is 34.1 Å². The van der Waals surface area contributed by atoms with Crippen LogP contribution in [0.15, 0.2) is 70.5 Å². The van der Waals surface area contributed by atoms with Gasteiger partial charge in [-0.25, -0.2) is 16.8 Å². The monoisotopic (exact) mass is 445 g/mol. The van der Waals surface area contributed by atoms with E-state index in [1.807, 2.05) is 6.07 Å². The zero-order chi connectivity index (χ0) is 21.8. The summed E-state index contributed by atoms with van der Waals surface area (Å²) in [5.41, 5.74) is 0.125. The number of anilines is 2. The van der Waals surface area contributed by atoms with E-state index in [0.717, 1.165) is 0 Å². The van der Waals surface area contributed by atoms with Crippen molar-refractivity contribution < 1.29 is 21.6 Å². The van der Waals surface area contributed by atoms with Crippen LogP contribution in [0.1, 0.15) is 5.56 Å². The summed E-state index contributed by atoms with van der Waals surface area (Å²) in [6, 6.07) is 15.4. The maximum atomic E-state index is 12.5. The topological polar surface area (TPSA) is 151 Å². The van der Waals surface area contributed by atoms with Gasteiger partial charge in [-0.15, -0.1) is 10.2 Å². The molecule has 154 valence electrons. The van der Waals surface area contributed by atoms with Crippen molar-refractivity contribution in [1.29, 1.82) is 5.26 Å². The third kappa shape index (κ3) is 4.65. The molecule has 2 aromatic carbocycles. The van der Waals surface area contributed by atoms with Crippen molar-refractivity contribution in [2.75, 3.05) is 16.6 Å². The van der Waals surface area contributed by atoms with E-state index in [9.17, 15) is 16.8 Å². The van der Waals surface area contributed by atoms with Gasteiger partial charge in [0, 0.05) is 11.8 Å². The van der Waals surface area contributed by atoms with Gasteiger partial charge < -0.3 is 4.74 Å². The highest BCUT2D eigenvalue weighted by atomic mass is 32.2. The molecule has 0 radical (unpaired) electrons. The molecule has 2 N–H and O–H groups in total. The lowest BCUT2D eigenvalue weighted by atomic mass is 10.2. The molecule has 0 aliphatic carbocycles. The molecular weight excluding hydrogens is 430 g/mol. The number of aromatic nitrogens is 2. The number of ether oxygens (including phenoxy) is 1. The molecule has 1 aromatic heterocycles. The second kappa shape index (κ2) is 8.36. The normalized spacial score (nSPS) is 11.3. The number of hydrogen-bond donors (Lipinski definition) is 2. The molecule has 3 aromatic rings. The summed E-state index contributed by atoms with van der Waals surface area (Å²) in [5, 5.41) is 16.5. The molecule has 0 amide bonds. The van der Waals surface area contributed by atoms with Crippen LogP contribution in [0.25, 0.3) is 0 Å². The second-order valence-corrected chi connectivity index (χ2v) is 9.14. The molecule has 0 atom stereocenters. The van der Waals surface area contributed by atoms with Crippen LogP contribution in [0.4, 0.5) is 11.5 Å². The van der Waals surface area contributed by atoms with Crippen molar-refractivity contribution in [3.63, 3.8) is 0 Å². The van der Waals surface area contributed by atoms with E-state index < -0.39 is 20.0 Å². The number of sulfonamides is 2. The highest BCUT2D eigenvalue weighted by Crippen LogP contribution is 2.21. The number of nitrogens with zero attached hydrogens (tertiary/aromatic N) is 3. The first-order valence-corrected chi connectivity index (χ1v) is 11.2.